The third-order valence-electron chi connectivity index (χ3n) is 5.35. The Balaban J connectivity index is 2.10. The van der Waals surface area contributed by atoms with Gasteiger partial charge in [-0.25, -0.2) is 9.59 Å². The molecule has 0 bridgehead atoms. The number of hydrogen-bond acceptors (Lipinski definition) is 5. The quantitative estimate of drug-likeness (QED) is 0.412. The van der Waals surface area contributed by atoms with Crippen LogP contribution in [-0.2, 0) is 22.3 Å². The number of aliphatic hydroxyl groups is 1. The molecule has 0 heterocycles. The summed E-state index contributed by atoms with van der Waals surface area (Å²) in [5.41, 5.74) is 1.02. The van der Waals surface area contributed by atoms with Gasteiger partial charge in [0.05, 0.1) is 18.2 Å². The summed E-state index contributed by atoms with van der Waals surface area (Å²) in [6.45, 7) is 12.5. The Labute approximate surface area is 215 Å². The molecule has 198 valence electrons. The fraction of sp³-hybridized carbons (Fsp3) is 0.517. The first-order valence-electron chi connectivity index (χ1n) is 12.4. The van der Waals surface area contributed by atoms with Gasteiger partial charge >= 0.3 is 12.2 Å². The van der Waals surface area contributed by atoms with Gasteiger partial charge in [-0.1, -0.05) is 54.6 Å². The molecule has 7 nitrogen and oxygen atoms in total. The highest BCUT2D eigenvalue weighted by Gasteiger charge is 2.29. The Hall–Kier alpha value is -3.06. The smallest absolute Gasteiger partial charge is 0.408 e. The lowest BCUT2D eigenvalue weighted by Gasteiger charge is -2.30. The fourth-order valence-electron chi connectivity index (χ4n) is 3.80. The molecule has 0 spiro atoms. The van der Waals surface area contributed by atoms with Crippen LogP contribution in [0.2, 0.25) is 0 Å². The van der Waals surface area contributed by atoms with Crippen molar-refractivity contribution >= 4 is 12.2 Å². The largest absolute Gasteiger partial charge is 0.444 e. The first-order valence-corrected chi connectivity index (χ1v) is 12.4. The first-order chi connectivity index (χ1) is 16.7. The van der Waals surface area contributed by atoms with Crippen molar-refractivity contribution in [3.8, 4) is 0 Å². The maximum atomic E-state index is 12.5. The van der Waals surface area contributed by atoms with Gasteiger partial charge in [-0.05, 0) is 84.4 Å². The van der Waals surface area contributed by atoms with Crippen molar-refractivity contribution in [3.05, 3.63) is 71.3 Å². The molecule has 2 rings (SSSR count). The molecule has 0 aliphatic rings. The number of alkyl carbamates (subject to hydrolysis) is 2. The summed E-state index contributed by atoms with van der Waals surface area (Å²) < 4.78 is 10.8. The topological polar surface area (TPSA) is 96.9 Å². The van der Waals surface area contributed by atoms with Crippen LogP contribution in [0.25, 0.3) is 0 Å². The third-order valence-corrected chi connectivity index (χ3v) is 5.35. The standard InChI is InChI=1S/C29H42N2O5/c1-27(2,3)35-25(33)30-24(23-14-9-8-10-15-23)17-16-21-12-11-13-22(18-21)19-29(7,20-32)31-26(34)36-28(4,5)6/h8-15,18,24,32H,16-17,19-20H2,1-7H3,(H,30,33)(H,31,34). The van der Waals surface area contributed by atoms with Crippen LogP contribution >= 0.6 is 0 Å². The second-order valence-electron chi connectivity index (χ2n) is 11.5. The van der Waals surface area contributed by atoms with E-state index in [1.54, 1.807) is 27.7 Å². The maximum absolute atomic E-state index is 12.5. The number of rotatable bonds is 9. The highest BCUT2D eigenvalue weighted by molar-refractivity contribution is 5.69. The molecule has 2 atom stereocenters. The van der Waals surface area contributed by atoms with Crippen LogP contribution in [0.3, 0.4) is 0 Å². The van der Waals surface area contributed by atoms with Crippen molar-refractivity contribution < 1.29 is 24.2 Å². The summed E-state index contributed by atoms with van der Waals surface area (Å²) in [6.07, 6.45) is 0.833. The van der Waals surface area contributed by atoms with Crippen LogP contribution in [0, 0.1) is 0 Å². The summed E-state index contributed by atoms with van der Waals surface area (Å²) >= 11 is 0. The normalized spacial score (nSPS) is 14.3. The predicted molar refractivity (Wildman–Crippen MR) is 142 cm³/mol. The summed E-state index contributed by atoms with van der Waals surface area (Å²) in [6, 6.07) is 17.7. The van der Waals surface area contributed by atoms with Gasteiger partial charge < -0.3 is 25.2 Å². The highest BCUT2D eigenvalue weighted by Crippen LogP contribution is 2.22. The molecule has 0 fully saturated rings. The number of aliphatic hydroxyl groups excluding tert-OH is 1. The summed E-state index contributed by atoms with van der Waals surface area (Å²) in [4.78, 5) is 24.8. The van der Waals surface area contributed by atoms with Gasteiger partial charge in [-0.15, -0.1) is 0 Å². The molecular weight excluding hydrogens is 456 g/mol. The average Bonchev–Trinajstić information content (AvgIpc) is 2.74. The van der Waals surface area contributed by atoms with Crippen LogP contribution in [-0.4, -0.2) is 40.6 Å². The van der Waals surface area contributed by atoms with E-state index in [0.717, 1.165) is 23.1 Å². The molecule has 0 radical (unpaired) electrons. The number of carbonyl (C=O) groups excluding carboxylic acids is 2. The van der Waals surface area contributed by atoms with Gasteiger partial charge in [0.1, 0.15) is 11.2 Å². The van der Waals surface area contributed by atoms with Crippen LogP contribution in [0.1, 0.15) is 77.6 Å². The third kappa shape index (κ3) is 10.7. The number of benzene rings is 2. The van der Waals surface area contributed by atoms with Gasteiger partial charge in [0.2, 0.25) is 0 Å². The Morgan fingerprint density at radius 3 is 2.00 bits per heavy atom. The lowest BCUT2D eigenvalue weighted by Crippen LogP contribution is -2.52. The number of amides is 2. The van der Waals surface area contributed by atoms with Crippen molar-refractivity contribution in [2.24, 2.45) is 0 Å². The summed E-state index contributed by atoms with van der Waals surface area (Å²) in [7, 11) is 0. The molecule has 3 N–H and O–H groups in total. The minimum absolute atomic E-state index is 0.207. The van der Waals surface area contributed by atoms with E-state index in [9.17, 15) is 14.7 Å². The van der Waals surface area contributed by atoms with E-state index in [-0.39, 0.29) is 12.6 Å². The van der Waals surface area contributed by atoms with Crippen LogP contribution < -0.4 is 10.6 Å². The van der Waals surface area contributed by atoms with Gasteiger partial charge in [0, 0.05) is 0 Å². The number of hydrogen-bond donors (Lipinski definition) is 3. The molecule has 7 heteroatoms. The zero-order valence-electron chi connectivity index (χ0n) is 22.7. The molecule has 36 heavy (non-hydrogen) atoms. The van der Waals surface area contributed by atoms with Crippen molar-refractivity contribution in [1.82, 2.24) is 10.6 Å². The average molecular weight is 499 g/mol. The summed E-state index contributed by atoms with van der Waals surface area (Å²) in [5, 5.41) is 15.8. The van der Waals surface area contributed by atoms with E-state index in [4.69, 9.17) is 9.47 Å². The lowest BCUT2D eigenvalue weighted by molar-refractivity contribution is 0.0414. The molecule has 2 unspecified atom stereocenters. The lowest BCUT2D eigenvalue weighted by atomic mass is 9.91. The Bertz CT molecular complexity index is 995. The van der Waals surface area contributed by atoms with Crippen molar-refractivity contribution in [2.45, 2.75) is 90.5 Å². The minimum atomic E-state index is -0.869. The molecule has 2 aromatic rings. The van der Waals surface area contributed by atoms with E-state index >= 15 is 0 Å². The molecular formula is C29H42N2O5. The van der Waals surface area contributed by atoms with Crippen LogP contribution in [0.5, 0.6) is 0 Å². The number of carbonyl (C=O) groups is 2. The van der Waals surface area contributed by atoms with Gasteiger partial charge in [0.15, 0.2) is 0 Å². The van der Waals surface area contributed by atoms with Gasteiger partial charge in [-0.3, -0.25) is 0 Å². The second kappa shape index (κ2) is 12.3. The van der Waals surface area contributed by atoms with E-state index in [1.807, 2.05) is 69.3 Å². The molecule has 2 amide bonds. The second-order valence-corrected chi connectivity index (χ2v) is 11.5. The maximum Gasteiger partial charge on any atom is 0.408 e. The molecule has 2 aromatic carbocycles. The van der Waals surface area contributed by atoms with E-state index < -0.39 is 28.9 Å². The predicted octanol–water partition coefficient (Wildman–Crippen LogP) is 5.70. The van der Waals surface area contributed by atoms with Crippen molar-refractivity contribution in [3.63, 3.8) is 0 Å². The number of aryl methyl sites for hydroxylation is 1. The Morgan fingerprint density at radius 1 is 0.833 bits per heavy atom. The fourth-order valence-corrected chi connectivity index (χ4v) is 3.80. The monoisotopic (exact) mass is 498 g/mol. The van der Waals surface area contributed by atoms with Gasteiger partial charge in [-0.2, -0.15) is 0 Å². The summed E-state index contributed by atoms with van der Waals surface area (Å²) in [5.74, 6) is 0. The number of ether oxygens (including phenoxy) is 2. The van der Waals surface area contributed by atoms with Crippen molar-refractivity contribution in [1.29, 1.82) is 0 Å². The van der Waals surface area contributed by atoms with Gasteiger partial charge in [0.25, 0.3) is 0 Å². The zero-order chi connectivity index (χ0) is 27.0. The van der Waals surface area contributed by atoms with E-state index in [1.165, 1.54) is 0 Å². The minimum Gasteiger partial charge on any atom is -0.444 e. The molecule has 0 aromatic heterocycles. The zero-order valence-corrected chi connectivity index (χ0v) is 22.7. The Morgan fingerprint density at radius 2 is 1.42 bits per heavy atom. The molecule has 0 aliphatic carbocycles. The molecule has 0 aliphatic heterocycles. The molecule has 0 saturated heterocycles. The molecule has 0 saturated carbocycles. The number of nitrogens with one attached hydrogen (secondary N) is 2. The van der Waals surface area contributed by atoms with Crippen molar-refractivity contribution in [2.75, 3.05) is 6.61 Å². The van der Waals surface area contributed by atoms with E-state index in [0.29, 0.717) is 12.8 Å². The first kappa shape index (κ1) is 29.2. The van der Waals surface area contributed by atoms with E-state index in [2.05, 4.69) is 16.7 Å². The van der Waals surface area contributed by atoms with Crippen LogP contribution in [0.4, 0.5) is 9.59 Å². The SMILES string of the molecule is CC(CO)(Cc1cccc(CCC(NC(=O)OC(C)(C)C)c2ccccc2)c1)NC(=O)OC(C)(C)C. The Kier molecular flexibility index (Phi) is 9.93. The highest BCUT2D eigenvalue weighted by atomic mass is 16.6. The van der Waals surface area contributed by atoms with Crippen LogP contribution in [0.15, 0.2) is 54.6 Å².